The van der Waals surface area contributed by atoms with Crippen molar-refractivity contribution in [1.29, 1.82) is 0 Å². The van der Waals surface area contributed by atoms with Crippen molar-refractivity contribution >= 4 is 11.9 Å². The Kier molecular flexibility index (Phi) is 6.95. The van der Waals surface area contributed by atoms with E-state index in [-0.39, 0.29) is 37.5 Å². The van der Waals surface area contributed by atoms with Crippen LogP contribution in [0.4, 0.5) is 0 Å². The summed E-state index contributed by atoms with van der Waals surface area (Å²) in [6.45, 7) is 1.80. The second-order valence-corrected chi connectivity index (χ2v) is 7.58. The fourth-order valence-electron chi connectivity index (χ4n) is 3.82. The summed E-state index contributed by atoms with van der Waals surface area (Å²) in [5.41, 5.74) is -0.642. The van der Waals surface area contributed by atoms with Crippen LogP contribution < -0.4 is 25.1 Å². The Morgan fingerprint density at radius 3 is 2.83 bits per heavy atom. The second kappa shape index (κ2) is 10.2. The zero-order valence-corrected chi connectivity index (χ0v) is 19.1. The fourth-order valence-corrected chi connectivity index (χ4v) is 3.82. The molecule has 35 heavy (non-hydrogen) atoms. The number of hydrogen-bond acceptors (Lipinski definition) is 9. The normalized spacial score (nSPS) is 12.7. The maximum absolute atomic E-state index is 12.9. The lowest BCUT2D eigenvalue weighted by Crippen LogP contribution is -2.27. The SMILES string of the molecule is CCOC(=O)c1c[nH]c(=O)c(C(CC(=O)NCc2ccco2)c2cc(OC)c3c(c2)OCO3)c1O. The Hall–Kier alpha value is -4.41. The van der Waals surface area contributed by atoms with E-state index in [9.17, 15) is 19.5 Å². The number of benzene rings is 1. The first kappa shape index (κ1) is 23.7. The summed E-state index contributed by atoms with van der Waals surface area (Å²) in [6, 6.07) is 6.60. The summed E-state index contributed by atoms with van der Waals surface area (Å²) in [5.74, 6) is -1.18. The number of aromatic nitrogens is 1. The van der Waals surface area contributed by atoms with Gasteiger partial charge in [0.25, 0.3) is 5.56 Å². The number of carbonyl (C=O) groups excluding carboxylic acids is 2. The molecule has 1 aliphatic rings. The average molecular weight is 484 g/mol. The van der Waals surface area contributed by atoms with Crippen LogP contribution in [0.25, 0.3) is 0 Å². The van der Waals surface area contributed by atoms with Gasteiger partial charge in [-0.15, -0.1) is 0 Å². The van der Waals surface area contributed by atoms with Crippen LogP contribution in [0.15, 0.2) is 45.9 Å². The van der Waals surface area contributed by atoms with Gasteiger partial charge in [0.15, 0.2) is 11.5 Å². The standard InChI is InChI=1S/C24H24N2O9/c1-3-32-24(30)16-11-26-23(29)20(21(16)28)15(9-19(27)25-10-14-5-4-6-33-14)13-7-17(31-2)22-18(8-13)34-12-35-22/h4-8,11,15H,3,9-10,12H2,1-2H3,(H,25,27)(H2,26,28,29). The Morgan fingerprint density at radius 2 is 2.11 bits per heavy atom. The number of methoxy groups -OCH3 is 1. The van der Waals surface area contributed by atoms with E-state index in [1.807, 2.05) is 0 Å². The number of amides is 1. The maximum Gasteiger partial charge on any atom is 0.343 e. The van der Waals surface area contributed by atoms with Gasteiger partial charge in [-0.05, 0) is 36.8 Å². The quantitative estimate of drug-likeness (QED) is 0.389. The molecular formula is C24H24N2O9. The summed E-state index contributed by atoms with van der Waals surface area (Å²) < 4.78 is 26.5. The van der Waals surface area contributed by atoms with Crippen molar-refractivity contribution in [2.75, 3.05) is 20.5 Å². The van der Waals surface area contributed by atoms with Gasteiger partial charge >= 0.3 is 5.97 Å². The molecule has 11 nitrogen and oxygen atoms in total. The van der Waals surface area contributed by atoms with Gasteiger partial charge in [-0.3, -0.25) is 9.59 Å². The van der Waals surface area contributed by atoms with E-state index in [1.165, 1.54) is 13.4 Å². The Morgan fingerprint density at radius 1 is 1.29 bits per heavy atom. The van der Waals surface area contributed by atoms with Crippen LogP contribution in [0.5, 0.6) is 23.0 Å². The number of hydrogen-bond donors (Lipinski definition) is 3. The van der Waals surface area contributed by atoms with E-state index in [4.69, 9.17) is 23.4 Å². The molecule has 3 aromatic rings. The first-order valence-electron chi connectivity index (χ1n) is 10.8. The summed E-state index contributed by atoms with van der Waals surface area (Å²) in [6.07, 6.45) is 2.32. The molecule has 1 aliphatic heterocycles. The number of H-pyrrole nitrogens is 1. The van der Waals surface area contributed by atoms with Crippen molar-refractivity contribution in [2.45, 2.75) is 25.8 Å². The summed E-state index contributed by atoms with van der Waals surface area (Å²) >= 11 is 0. The third-order valence-electron chi connectivity index (χ3n) is 5.46. The second-order valence-electron chi connectivity index (χ2n) is 7.58. The van der Waals surface area contributed by atoms with Crippen LogP contribution in [-0.2, 0) is 16.1 Å². The Bertz CT molecular complexity index is 1280. The molecule has 0 fully saturated rings. The molecule has 0 bridgehead atoms. The van der Waals surface area contributed by atoms with E-state index >= 15 is 0 Å². The number of nitrogens with one attached hydrogen (secondary N) is 2. The molecule has 0 saturated heterocycles. The predicted molar refractivity (Wildman–Crippen MR) is 121 cm³/mol. The smallest absolute Gasteiger partial charge is 0.343 e. The van der Waals surface area contributed by atoms with Crippen LogP contribution in [0.1, 0.15) is 46.5 Å². The van der Waals surface area contributed by atoms with Crippen LogP contribution in [0.3, 0.4) is 0 Å². The molecule has 1 atom stereocenters. The minimum atomic E-state index is -0.979. The van der Waals surface area contributed by atoms with Gasteiger partial charge in [0.05, 0.1) is 32.1 Å². The minimum absolute atomic E-state index is 0.0202. The van der Waals surface area contributed by atoms with Crippen molar-refractivity contribution in [3.8, 4) is 23.0 Å². The molecule has 3 N–H and O–H groups in total. The highest BCUT2D eigenvalue weighted by molar-refractivity contribution is 5.92. The third kappa shape index (κ3) is 4.93. The molecule has 3 heterocycles. The molecule has 184 valence electrons. The topological polar surface area (TPSA) is 149 Å². The monoisotopic (exact) mass is 484 g/mol. The van der Waals surface area contributed by atoms with Gasteiger partial charge < -0.3 is 38.8 Å². The van der Waals surface area contributed by atoms with E-state index in [1.54, 1.807) is 31.2 Å². The Labute approximate surface area is 199 Å². The number of aromatic hydroxyl groups is 1. The molecule has 1 amide bonds. The van der Waals surface area contributed by atoms with Gasteiger partial charge in [0.2, 0.25) is 18.4 Å². The molecule has 0 radical (unpaired) electrons. The highest BCUT2D eigenvalue weighted by Crippen LogP contribution is 2.45. The molecule has 11 heteroatoms. The largest absolute Gasteiger partial charge is 0.506 e. The van der Waals surface area contributed by atoms with E-state index < -0.39 is 29.1 Å². The van der Waals surface area contributed by atoms with Crippen molar-refractivity contribution in [2.24, 2.45) is 0 Å². The highest BCUT2D eigenvalue weighted by atomic mass is 16.7. The average Bonchev–Trinajstić information content (AvgIpc) is 3.53. The van der Waals surface area contributed by atoms with Gasteiger partial charge in [0.1, 0.15) is 17.1 Å². The lowest BCUT2D eigenvalue weighted by Gasteiger charge is -2.20. The number of fused-ring (bicyclic) bond motifs is 1. The van der Waals surface area contributed by atoms with Gasteiger partial charge in [-0.2, -0.15) is 0 Å². The zero-order valence-electron chi connectivity index (χ0n) is 19.1. The molecule has 4 rings (SSSR count). The maximum atomic E-state index is 12.9. The molecule has 0 saturated carbocycles. The van der Waals surface area contributed by atoms with Crippen molar-refractivity contribution in [3.05, 3.63) is 69.5 Å². The van der Waals surface area contributed by atoms with E-state index in [0.717, 1.165) is 6.20 Å². The van der Waals surface area contributed by atoms with Gasteiger partial charge in [0, 0.05) is 18.5 Å². The van der Waals surface area contributed by atoms with Gasteiger partial charge in [-0.25, -0.2) is 4.79 Å². The first-order chi connectivity index (χ1) is 16.9. The van der Waals surface area contributed by atoms with Crippen LogP contribution in [-0.4, -0.2) is 42.5 Å². The lowest BCUT2D eigenvalue weighted by molar-refractivity contribution is -0.121. The molecule has 0 spiro atoms. The molecule has 1 unspecified atom stereocenters. The Balaban J connectivity index is 1.77. The third-order valence-corrected chi connectivity index (χ3v) is 5.46. The number of furan rings is 1. The number of carbonyl (C=O) groups is 2. The fraction of sp³-hybridized carbons (Fsp3) is 0.292. The number of rotatable bonds is 9. The summed E-state index contributed by atoms with van der Waals surface area (Å²) in [4.78, 5) is 40.6. The van der Waals surface area contributed by atoms with Crippen LogP contribution >= 0.6 is 0 Å². The molecular weight excluding hydrogens is 460 g/mol. The lowest BCUT2D eigenvalue weighted by atomic mass is 9.87. The van der Waals surface area contributed by atoms with E-state index in [2.05, 4.69) is 10.3 Å². The minimum Gasteiger partial charge on any atom is -0.506 e. The molecule has 0 aliphatic carbocycles. The molecule has 1 aromatic carbocycles. The summed E-state index contributed by atoms with van der Waals surface area (Å²) in [5, 5.41) is 13.7. The van der Waals surface area contributed by atoms with Crippen LogP contribution in [0, 0.1) is 0 Å². The van der Waals surface area contributed by atoms with Crippen LogP contribution in [0.2, 0.25) is 0 Å². The van der Waals surface area contributed by atoms with Gasteiger partial charge in [-0.1, -0.05) is 0 Å². The number of ether oxygens (including phenoxy) is 4. The number of esters is 1. The highest BCUT2D eigenvalue weighted by Gasteiger charge is 2.31. The number of pyridine rings is 1. The van der Waals surface area contributed by atoms with E-state index in [0.29, 0.717) is 28.6 Å². The predicted octanol–water partition coefficient (Wildman–Crippen LogP) is 2.43. The number of aromatic amines is 1. The molecule has 2 aromatic heterocycles. The first-order valence-corrected chi connectivity index (χ1v) is 10.8. The van der Waals surface area contributed by atoms with Crippen molar-refractivity contribution in [1.82, 2.24) is 10.3 Å². The van der Waals surface area contributed by atoms with Crippen molar-refractivity contribution in [3.63, 3.8) is 0 Å². The zero-order chi connectivity index (χ0) is 24.9. The summed E-state index contributed by atoms with van der Waals surface area (Å²) in [7, 11) is 1.44. The van der Waals surface area contributed by atoms with Crippen molar-refractivity contribution < 1.29 is 38.1 Å².